The Hall–Kier alpha value is -1.62. The lowest BCUT2D eigenvalue weighted by atomic mass is 10.1. The van der Waals surface area contributed by atoms with Gasteiger partial charge < -0.3 is 15.4 Å². The van der Waals surface area contributed by atoms with Crippen LogP contribution >= 0.6 is 0 Å². The van der Waals surface area contributed by atoms with Crippen LogP contribution in [0.4, 0.5) is 5.82 Å². The summed E-state index contributed by atoms with van der Waals surface area (Å²) < 4.78 is 5.22. The first-order valence-electron chi connectivity index (χ1n) is 5.46. The van der Waals surface area contributed by atoms with Crippen LogP contribution in [0.1, 0.15) is 24.3 Å². The molecule has 5 nitrogen and oxygen atoms in total. The van der Waals surface area contributed by atoms with Gasteiger partial charge in [0.05, 0.1) is 5.60 Å². The number of aromatic nitrogens is 1. The number of pyridine rings is 1. The first kappa shape index (κ1) is 13.4. The Morgan fingerprint density at radius 1 is 1.47 bits per heavy atom. The third-order valence-corrected chi connectivity index (χ3v) is 2.47. The standard InChI is InChI=1S/C12H19N3O2/c1-12(2,17-4)8-14-11(16)9-6-5-7-10(13-3)15-9/h5-7H,8H2,1-4H3,(H,13,15)(H,14,16). The molecule has 1 aromatic heterocycles. The van der Waals surface area contributed by atoms with Crippen molar-refractivity contribution in [3.8, 4) is 0 Å². The van der Waals surface area contributed by atoms with Crippen LogP contribution in [0.3, 0.4) is 0 Å². The molecule has 0 radical (unpaired) electrons. The second-order valence-electron chi connectivity index (χ2n) is 4.30. The highest BCUT2D eigenvalue weighted by Gasteiger charge is 2.18. The molecule has 0 aromatic carbocycles. The van der Waals surface area contributed by atoms with Gasteiger partial charge in [0, 0.05) is 20.7 Å². The second-order valence-corrected chi connectivity index (χ2v) is 4.30. The van der Waals surface area contributed by atoms with E-state index < -0.39 is 0 Å². The maximum absolute atomic E-state index is 11.8. The molecule has 0 saturated carbocycles. The fourth-order valence-electron chi connectivity index (χ4n) is 1.16. The predicted octanol–water partition coefficient (Wildman–Crippen LogP) is 1.28. The summed E-state index contributed by atoms with van der Waals surface area (Å²) >= 11 is 0. The average Bonchev–Trinajstić information content (AvgIpc) is 2.36. The van der Waals surface area contributed by atoms with Crippen LogP contribution in [0.2, 0.25) is 0 Å². The van der Waals surface area contributed by atoms with Crippen LogP contribution in [-0.4, -0.2) is 37.2 Å². The molecule has 17 heavy (non-hydrogen) atoms. The number of ether oxygens (including phenoxy) is 1. The molecule has 0 aliphatic rings. The quantitative estimate of drug-likeness (QED) is 0.809. The summed E-state index contributed by atoms with van der Waals surface area (Å²) in [6.07, 6.45) is 0. The van der Waals surface area contributed by atoms with Gasteiger partial charge in [-0.15, -0.1) is 0 Å². The van der Waals surface area contributed by atoms with Gasteiger partial charge in [-0.1, -0.05) is 6.07 Å². The Balaban J connectivity index is 2.64. The molecule has 2 N–H and O–H groups in total. The lowest BCUT2D eigenvalue weighted by Crippen LogP contribution is -2.40. The minimum atomic E-state index is -0.379. The summed E-state index contributed by atoms with van der Waals surface area (Å²) in [5, 5.41) is 5.68. The molecule has 0 bridgehead atoms. The summed E-state index contributed by atoms with van der Waals surface area (Å²) in [6.45, 7) is 4.25. The van der Waals surface area contributed by atoms with Gasteiger partial charge in [-0.3, -0.25) is 4.79 Å². The van der Waals surface area contributed by atoms with E-state index >= 15 is 0 Å². The predicted molar refractivity (Wildman–Crippen MR) is 67.2 cm³/mol. The molecular weight excluding hydrogens is 218 g/mol. The molecular formula is C12H19N3O2. The van der Waals surface area contributed by atoms with E-state index in [1.54, 1.807) is 32.4 Å². The van der Waals surface area contributed by atoms with E-state index in [9.17, 15) is 4.79 Å². The van der Waals surface area contributed by atoms with Crippen molar-refractivity contribution < 1.29 is 9.53 Å². The van der Waals surface area contributed by atoms with E-state index in [-0.39, 0.29) is 11.5 Å². The Kier molecular flexibility index (Phi) is 4.45. The van der Waals surface area contributed by atoms with Gasteiger partial charge in [0.1, 0.15) is 11.5 Å². The van der Waals surface area contributed by atoms with Crippen molar-refractivity contribution in [2.45, 2.75) is 19.4 Å². The van der Waals surface area contributed by atoms with Gasteiger partial charge in [-0.05, 0) is 26.0 Å². The van der Waals surface area contributed by atoms with E-state index in [2.05, 4.69) is 15.6 Å². The molecule has 0 spiro atoms. The van der Waals surface area contributed by atoms with Gasteiger partial charge >= 0.3 is 0 Å². The summed E-state index contributed by atoms with van der Waals surface area (Å²) in [7, 11) is 3.38. The summed E-state index contributed by atoms with van der Waals surface area (Å²) in [6, 6.07) is 5.26. The normalized spacial score (nSPS) is 11.1. The molecule has 0 aliphatic heterocycles. The van der Waals surface area contributed by atoms with Gasteiger partial charge in [-0.2, -0.15) is 0 Å². The molecule has 5 heteroatoms. The minimum absolute atomic E-state index is 0.202. The number of anilines is 1. The molecule has 0 aliphatic carbocycles. The van der Waals surface area contributed by atoms with E-state index in [1.165, 1.54) is 0 Å². The largest absolute Gasteiger partial charge is 0.377 e. The number of hydrogen-bond donors (Lipinski definition) is 2. The monoisotopic (exact) mass is 237 g/mol. The van der Waals surface area contributed by atoms with E-state index in [4.69, 9.17) is 4.74 Å². The number of nitrogens with one attached hydrogen (secondary N) is 2. The Bertz CT molecular complexity index is 391. The molecule has 94 valence electrons. The van der Waals surface area contributed by atoms with Crippen molar-refractivity contribution in [3.05, 3.63) is 23.9 Å². The number of amides is 1. The number of hydrogen-bond acceptors (Lipinski definition) is 4. The van der Waals surface area contributed by atoms with E-state index in [0.29, 0.717) is 18.1 Å². The number of carbonyl (C=O) groups is 1. The van der Waals surface area contributed by atoms with Gasteiger partial charge in [0.25, 0.3) is 5.91 Å². The van der Waals surface area contributed by atoms with E-state index in [0.717, 1.165) is 0 Å². The van der Waals surface area contributed by atoms with Gasteiger partial charge in [-0.25, -0.2) is 4.98 Å². The lowest BCUT2D eigenvalue weighted by molar-refractivity contribution is 0.0228. The van der Waals surface area contributed by atoms with Crippen LogP contribution in [0.15, 0.2) is 18.2 Å². The molecule has 0 unspecified atom stereocenters. The maximum Gasteiger partial charge on any atom is 0.270 e. The number of nitrogens with zero attached hydrogens (tertiary/aromatic N) is 1. The van der Waals surface area contributed by atoms with Crippen molar-refractivity contribution in [2.75, 3.05) is 26.0 Å². The van der Waals surface area contributed by atoms with Crippen molar-refractivity contribution in [1.29, 1.82) is 0 Å². The number of carbonyl (C=O) groups excluding carboxylic acids is 1. The Morgan fingerprint density at radius 2 is 2.18 bits per heavy atom. The lowest BCUT2D eigenvalue weighted by Gasteiger charge is -2.22. The topological polar surface area (TPSA) is 63.2 Å². The van der Waals surface area contributed by atoms with Gasteiger partial charge in [0.2, 0.25) is 0 Å². The van der Waals surface area contributed by atoms with Crippen LogP contribution in [0, 0.1) is 0 Å². The number of methoxy groups -OCH3 is 1. The SMILES string of the molecule is CNc1cccc(C(=O)NCC(C)(C)OC)n1. The smallest absolute Gasteiger partial charge is 0.270 e. The maximum atomic E-state index is 11.8. The van der Waals surface area contributed by atoms with Crippen molar-refractivity contribution in [1.82, 2.24) is 10.3 Å². The molecule has 1 aromatic rings. The zero-order chi connectivity index (χ0) is 12.9. The van der Waals surface area contributed by atoms with Crippen LogP contribution in [0.25, 0.3) is 0 Å². The molecule has 1 amide bonds. The number of rotatable bonds is 5. The first-order valence-corrected chi connectivity index (χ1v) is 5.46. The van der Waals surface area contributed by atoms with Crippen molar-refractivity contribution in [2.24, 2.45) is 0 Å². The van der Waals surface area contributed by atoms with Crippen molar-refractivity contribution >= 4 is 11.7 Å². The first-order chi connectivity index (χ1) is 7.98. The van der Waals surface area contributed by atoms with E-state index in [1.807, 2.05) is 13.8 Å². The molecule has 0 atom stereocenters. The average molecular weight is 237 g/mol. The fraction of sp³-hybridized carbons (Fsp3) is 0.500. The third kappa shape index (κ3) is 4.03. The zero-order valence-electron chi connectivity index (χ0n) is 10.7. The molecule has 0 saturated heterocycles. The van der Waals surface area contributed by atoms with Crippen LogP contribution in [-0.2, 0) is 4.74 Å². The Morgan fingerprint density at radius 3 is 2.76 bits per heavy atom. The summed E-state index contributed by atoms with van der Waals surface area (Å²) in [5.41, 5.74) is 0.0137. The van der Waals surface area contributed by atoms with Crippen molar-refractivity contribution in [3.63, 3.8) is 0 Å². The highest BCUT2D eigenvalue weighted by Crippen LogP contribution is 2.07. The summed E-state index contributed by atoms with van der Waals surface area (Å²) in [4.78, 5) is 16.0. The highest BCUT2D eigenvalue weighted by atomic mass is 16.5. The fourth-order valence-corrected chi connectivity index (χ4v) is 1.16. The second kappa shape index (κ2) is 5.63. The third-order valence-electron chi connectivity index (χ3n) is 2.47. The van der Waals surface area contributed by atoms with Crippen LogP contribution in [0.5, 0.6) is 0 Å². The highest BCUT2D eigenvalue weighted by molar-refractivity contribution is 5.92. The van der Waals surface area contributed by atoms with Crippen LogP contribution < -0.4 is 10.6 Å². The minimum Gasteiger partial charge on any atom is -0.377 e. The Labute approximate surface area is 102 Å². The zero-order valence-corrected chi connectivity index (χ0v) is 10.7. The molecule has 1 rings (SSSR count). The molecule has 1 heterocycles. The van der Waals surface area contributed by atoms with Gasteiger partial charge in [0.15, 0.2) is 0 Å². The summed E-state index contributed by atoms with van der Waals surface area (Å²) in [5.74, 6) is 0.468. The molecule has 0 fully saturated rings.